The molecule has 0 bridgehead atoms. The summed E-state index contributed by atoms with van der Waals surface area (Å²) in [6, 6.07) is 6.49. The van der Waals surface area contributed by atoms with Crippen LogP contribution in [0.3, 0.4) is 0 Å². The second-order valence-electron chi connectivity index (χ2n) is 8.92. The largest absolute Gasteiger partial charge is 0.350 e. The standard InChI is InChI=1S/C23H35N5O2/c29-22(25-17-20-8-2-3-11-24-20)19-7-6-14-28(18-19)21-9-15-27(16-10-21)23(30)26-12-4-1-5-13-26/h2-3,8,11,19,21H,1,4-7,9-10,12-18H2,(H,25,29)/t19-/m1/s1. The van der Waals surface area contributed by atoms with Crippen LogP contribution in [0, 0.1) is 5.92 Å². The minimum absolute atomic E-state index is 0.0514. The Labute approximate surface area is 179 Å². The van der Waals surface area contributed by atoms with Crippen molar-refractivity contribution in [2.75, 3.05) is 39.3 Å². The van der Waals surface area contributed by atoms with Gasteiger partial charge in [0.05, 0.1) is 18.2 Å². The third-order valence-electron chi connectivity index (χ3n) is 6.87. The molecule has 4 heterocycles. The SMILES string of the molecule is O=C(NCc1ccccn1)[C@@H]1CCCN(C2CCN(C(=O)N3CCCCC3)CC2)C1. The third-order valence-corrected chi connectivity index (χ3v) is 6.87. The van der Waals surface area contributed by atoms with Gasteiger partial charge in [-0.2, -0.15) is 0 Å². The molecule has 7 heteroatoms. The van der Waals surface area contributed by atoms with Crippen molar-refractivity contribution in [3.63, 3.8) is 0 Å². The monoisotopic (exact) mass is 413 g/mol. The smallest absolute Gasteiger partial charge is 0.319 e. The van der Waals surface area contributed by atoms with Crippen molar-refractivity contribution in [2.24, 2.45) is 5.92 Å². The lowest BCUT2D eigenvalue weighted by molar-refractivity contribution is -0.127. The van der Waals surface area contributed by atoms with Gasteiger partial charge in [0, 0.05) is 45.0 Å². The van der Waals surface area contributed by atoms with Gasteiger partial charge in [-0.25, -0.2) is 4.79 Å². The fourth-order valence-corrected chi connectivity index (χ4v) is 5.08. The predicted octanol–water partition coefficient (Wildman–Crippen LogP) is 2.48. The van der Waals surface area contributed by atoms with Crippen LogP contribution in [0.5, 0.6) is 0 Å². The summed E-state index contributed by atoms with van der Waals surface area (Å²) in [4.78, 5) is 36.3. The molecule has 1 aromatic heterocycles. The summed E-state index contributed by atoms with van der Waals surface area (Å²) < 4.78 is 0. The summed E-state index contributed by atoms with van der Waals surface area (Å²) in [5, 5.41) is 3.06. The number of hydrogen-bond acceptors (Lipinski definition) is 4. The summed E-state index contributed by atoms with van der Waals surface area (Å²) in [6.07, 6.45) is 9.33. The van der Waals surface area contributed by atoms with E-state index in [0.717, 1.165) is 83.5 Å². The lowest BCUT2D eigenvalue weighted by Crippen LogP contribution is -2.53. The van der Waals surface area contributed by atoms with Crippen LogP contribution in [0.1, 0.15) is 50.6 Å². The van der Waals surface area contributed by atoms with E-state index in [1.807, 2.05) is 28.0 Å². The van der Waals surface area contributed by atoms with Gasteiger partial charge in [0.15, 0.2) is 0 Å². The van der Waals surface area contributed by atoms with Crippen LogP contribution >= 0.6 is 0 Å². The van der Waals surface area contributed by atoms with Gasteiger partial charge < -0.3 is 15.1 Å². The highest BCUT2D eigenvalue weighted by atomic mass is 16.2. The minimum atomic E-state index is 0.0514. The molecule has 3 saturated heterocycles. The van der Waals surface area contributed by atoms with E-state index in [1.54, 1.807) is 6.20 Å². The quantitative estimate of drug-likeness (QED) is 0.823. The molecule has 164 valence electrons. The lowest BCUT2D eigenvalue weighted by atomic mass is 9.93. The molecule has 0 radical (unpaired) electrons. The fraction of sp³-hybridized carbons (Fsp3) is 0.696. The van der Waals surface area contributed by atoms with E-state index in [2.05, 4.69) is 15.2 Å². The third kappa shape index (κ3) is 5.31. The Balaban J connectivity index is 1.23. The average molecular weight is 414 g/mol. The molecule has 0 aliphatic carbocycles. The Hall–Kier alpha value is -2.15. The highest BCUT2D eigenvalue weighted by Gasteiger charge is 2.33. The Morgan fingerprint density at radius 3 is 2.43 bits per heavy atom. The van der Waals surface area contributed by atoms with E-state index in [4.69, 9.17) is 0 Å². The molecule has 3 fully saturated rings. The van der Waals surface area contributed by atoms with Crippen molar-refractivity contribution in [3.8, 4) is 0 Å². The first kappa shape index (κ1) is 21.1. The predicted molar refractivity (Wildman–Crippen MR) is 116 cm³/mol. The number of likely N-dealkylation sites (tertiary alicyclic amines) is 3. The van der Waals surface area contributed by atoms with Crippen LogP contribution in [-0.4, -0.2) is 76.9 Å². The number of rotatable bonds is 4. The number of nitrogens with zero attached hydrogens (tertiary/aromatic N) is 4. The number of carbonyl (C=O) groups is 2. The van der Waals surface area contributed by atoms with Crippen molar-refractivity contribution in [1.82, 2.24) is 25.0 Å². The van der Waals surface area contributed by atoms with Crippen LogP contribution in [0.15, 0.2) is 24.4 Å². The van der Waals surface area contributed by atoms with E-state index < -0.39 is 0 Å². The molecule has 7 nitrogen and oxygen atoms in total. The molecule has 0 spiro atoms. The number of pyridine rings is 1. The molecule has 30 heavy (non-hydrogen) atoms. The van der Waals surface area contributed by atoms with Gasteiger partial charge in [-0.05, 0) is 63.6 Å². The van der Waals surface area contributed by atoms with Gasteiger partial charge in [-0.1, -0.05) is 6.07 Å². The maximum absolute atomic E-state index is 12.7. The number of piperidine rings is 3. The first-order chi connectivity index (χ1) is 14.7. The molecule has 0 aromatic carbocycles. The Kier molecular flexibility index (Phi) is 7.20. The highest BCUT2D eigenvalue weighted by molar-refractivity contribution is 5.79. The first-order valence-electron chi connectivity index (χ1n) is 11.7. The van der Waals surface area contributed by atoms with Crippen LogP contribution in [-0.2, 0) is 11.3 Å². The molecule has 1 atom stereocenters. The molecule has 3 aliphatic rings. The zero-order chi connectivity index (χ0) is 20.8. The van der Waals surface area contributed by atoms with Gasteiger partial charge in [0.25, 0.3) is 0 Å². The van der Waals surface area contributed by atoms with E-state index in [1.165, 1.54) is 6.42 Å². The number of amides is 3. The van der Waals surface area contributed by atoms with E-state index >= 15 is 0 Å². The van der Waals surface area contributed by atoms with Crippen molar-refractivity contribution in [1.29, 1.82) is 0 Å². The van der Waals surface area contributed by atoms with Crippen LogP contribution in [0.25, 0.3) is 0 Å². The molecule has 1 N–H and O–H groups in total. The molecule has 4 rings (SSSR count). The molecule has 0 unspecified atom stereocenters. The second kappa shape index (κ2) is 10.2. The van der Waals surface area contributed by atoms with E-state index in [0.29, 0.717) is 12.6 Å². The van der Waals surface area contributed by atoms with Gasteiger partial charge in [0.2, 0.25) is 5.91 Å². The van der Waals surface area contributed by atoms with Crippen molar-refractivity contribution < 1.29 is 9.59 Å². The van der Waals surface area contributed by atoms with Crippen LogP contribution < -0.4 is 5.32 Å². The Morgan fingerprint density at radius 2 is 1.70 bits per heavy atom. The number of urea groups is 1. The zero-order valence-corrected chi connectivity index (χ0v) is 18.0. The maximum atomic E-state index is 12.7. The second-order valence-corrected chi connectivity index (χ2v) is 8.92. The zero-order valence-electron chi connectivity index (χ0n) is 18.0. The topological polar surface area (TPSA) is 68.8 Å². The van der Waals surface area contributed by atoms with E-state index in [-0.39, 0.29) is 17.9 Å². The summed E-state index contributed by atoms with van der Waals surface area (Å²) in [5.74, 6) is 0.193. The number of hydrogen-bond donors (Lipinski definition) is 1. The summed E-state index contributed by atoms with van der Waals surface area (Å²) in [6.45, 7) is 5.90. The van der Waals surface area contributed by atoms with Gasteiger partial charge in [-0.3, -0.25) is 14.7 Å². The van der Waals surface area contributed by atoms with Gasteiger partial charge >= 0.3 is 6.03 Å². The molecule has 3 amide bonds. The molecule has 3 aliphatic heterocycles. The number of aromatic nitrogens is 1. The molecular formula is C23H35N5O2. The number of carbonyl (C=O) groups excluding carboxylic acids is 2. The number of nitrogens with one attached hydrogen (secondary N) is 1. The maximum Gasteiger partial charge on any atom is 0.319 e. The van der Waals surface area contributed by atoms with Crippen molar-refractivity contribution in [3.05, 3.63) is 30.1 Å². The first-order valence-corrected chi connectivity index (χ1v) is 11.7. The Bertz CT molecular complexity index is 699. The van der Waals surface area contributed by atoms with Crippen molar-refractivity contribution >= 4 is 11.9 Å². The normalized spacial score (nSPS) is 23.9. The van der Waals surface area contributed by atoms with Crippen LogP contribution in [0.4, 0.5) is 4.79 Å². The average Bonchev–Trinajstić information content (AvgIpc) is 2.83. The van der Waals surface area contributed by atoms with Crippen molar-refractivity contribution in [2.45, 2.75) is 57.5 Å². The molecule has 0 saturated carbocycles. The van der Waals surface area contributed by atoms with Gasteiger partial charge in [0.1, 0.15) is 0 Å². The lowest BCUT2D eigenvalue weighted by Gasteiger charge is -2.43. The summed E-state index contributed by atoms with van der Waals surface area (Å²) >= 11 is 0. The fourth-order valence-electron chi connectivity index (χ4n) is 5.08. The summed E-state index contributed by atoms with van der Waals surface area (Å²) in [5.41, 5.74) is 0.893. The molecular weight excluding hydrogens is 378 g/mol. The minimum Gasteiger partial charge on any atom is -0.350 e. The Morgan fingerprint density at radius 1 is 0.933 bits per heavy atom. The van der Waals surface area contributed by atoms with Crippen LogP contribution in [0.2, 0.25) is 0 Å². The van der Waals surface area contributed by atoms with Gasteiger partial charge in [-0.15, -0.1) is 0 Å². The molecule has 1 aromatic rings. The highest BCUT2D eigenvalue weighted by Crippen LogP contribution is 2.25. The van der Waals surface area contributed by atoms with E-state index in [9.17, 15) is 9.59 Å². The summed E-state index contributed by atoms with van der Waals surface area (Å²) in [7, 11) is 0.